The van der Waals surface area contributed by atoms with Gasteiger partial charge in [-0.1, -0.05) is 44.2 Å². The molecule has 0 heterocycles. The van der Waals surface area contributed by atoms with Crippen molar-refractivity contribution >= 4 is 5.69 Å². The number of hydrogen-bond donors (Lipinski definition) is 0. The van der Waals surface area contributed by atoms with E-state index in [1.807, 2.05) is 0 Å². The van der Waals surface area contributed by atoms with E-state index in [2.05, 4.69) is 75.3 Å². The second-order valence-corrected chi connectivity index (χ2v) is 5.79. The standard InChI is InChI=1S/C17H19N/c1-17(2)15-8-6-5-7-13(15)14-11-12(18(3)4)9-10-16(14)17/h5-11H,1-4H3. The van der Waals surface area contributed by atoms with Crippen molar-refractivity contribution in [3.05, 3.63) is 53.6 Å². The number of benzene rings is 2. The molecule has 0 aromatic heterocycles. The van der Waals surface area contributed by atoms with Gasteiger partial charge in [0, 0.05) is 25.2 Å². The van der Waals surface area contributed by atoms with Crippen LogP contribution in [0.5, 0.6) is 0 Å². The molecule has 1 nitrogen and oxygen atoms in total. The second-order valence-electron chi connectivity index (χ2n) is 5.79. The van der Waals surface area contributed by atoms with Gasteiger partial charge in [-0.2, -0.15) is 0 Å². The van der Waals surface area contributed by atoms with E-state index in [0.29, 0.717) is 0 Å². The molecule has 0 N–H and O–H groups in total. The van der Waals surface area contributed by atoms with Crippen LogP contribution in [0.2, 0.25) is 0 Å². The van der Waals surface area contributed by atoms with Gasteiger partial charge in [0.2, 0.25) is 0 Å². The van der Waals surface area contributed by atoms with E-state index >= 15 is 0 Å². The molecule has 0 saturated heterocycles. The Bertz CT molecular complexity index is 609. The monoisotopic (exact) mass is 237 g/mol. The Balaban J connectivity index is 2.30. The van der Waals surface area contributed by atoms with E-state index in [-0.39, 0.29) is 5.41 Å². The molecular formula is C17H19N. The van der Waals surface area contributed by atoms with Crippen LogP contribution < -0.4 is 4.90 Å². The van der Waals surface area contributed by atoms with Crippen LogP contribution in [-0.2, 0) is 5.41 Å². The number of rotatable bonds is 1. The molecule has 3 rings (SSSR count). The number of hydrogen-bond acceptors (Lipinski definition) is 1. The zero-order valence-corrected chi connectivity index (χ0v) is 11.5. The van der Waals surface area contributed by atoms with Crippen LogP contribution in [0.25, 0.3) is 11.1 Å². The Morgan fingerprint density at radius 3 is 2.22 bits per heavy atom. The van der Waals surface area contributed by atoms with Gasteiger partial charge in [0.1, 0.15) is 0 Å². The van der Waals surface area contributed by atoms with Gasteiger partial charge in [-0.15, -0.1) is 0 Å². The fourth-order valence-corrected chi connectivity index (χ4v) is 2.99. The lowest BCUT2D eigenvalue weighted by molar-refractivity contribution is 0.660. The van der Waals surface area contributed by atoms with E-state index in [9.17, 15) is 0 Å². The van der Waals surface area contributed by atoms with Crippen molar-refractivity contribution < 1.29 is 0 Å². The molecule has 1 aliphatic rings. The fourth-order valence-electron chi connectivity index (χ4n) is 2.99. The van der Waals surface area contributed by atoms with Crippen LogP contribution in [0.15, 0.2) is 42.5 Å². The van der Waals surface area contributed by atoms with Crippen molar-refractivity contribution in [2.45, 2.75) is 19.3 Å². The van der Waals surface area contributed by atoms with E-state index in [1.54, 1.807) is 0 Å². The maximum atomic E-state index is 2.31. The minimum absolute atomic E-state index is 0.122. The Morgan fingerprint density at radius 2 is 1.50 bits per heavy atom. The SMILES string of the molecule is CN(C)c1ccc2c(c1)-c1ccccc1C2(C)C. The third kappa shape index (κ3) is 1.40. The summed E-state index contributed by atoms with van der Waals surface area (Å²) in [7, 11) is 4.18. The molecule has 1 aliphatic carbocycles. The summed E-state index contributed by atoms with van der Waals surface area (Å²) >= 11 is 0. The zero-order valence-electron chi connectivity index (χ0n) is 11.5. The summed E-state index contributed by atoms with van der Waals surface area (Å²) in [4.78, 5) is 2.16. The lowest BCUT2D eigenvalue weighted by Crippen LogP contribution is -2.15. The molecule has 0 unspecified atom stereocenters. The van der Waals surface area contributed by atoms with Crippen LogP contribution in [0, 0.1) is 0 Å². The van der Waals surface area contributed by atoms with Crippen molar-refractivity contribution in [3.8, 4) is 11.1 Å². The molecule has 0 bridgehead atoms. The van der Waals surface area contributed by atoms with Crippen molar-refractivity contribution in [2.24, 2.45) is 0 Å². The number of anilines is 1. The number of nitrogens with zero attached hydrogens (tertiary/aromatic N) is 1. The molecule has 0 spiro atoms. The maximum absolute atomic E-state index is 2.31. The van der Waals surface area contributed by atoms with Gasteiger partial charge < -0.3 is 4.90 Å². The largest absolute Gasteiger partial charge is 0.378 e. The summed E-state index contributed by atoms with van der Waals surface area (Å²) in [5.74, 6) is 0. The first-order valence-electron chi connectivity index (χ1n) is 6.43. The Kier molecular flexibility index (Phi) is 2.28. The Labute approximate surface area is 109 Å². The maximum Gasteiger partial charge on any atom is 0.0367 e. The minimum atomic E-state index is 0.122. The van der Waals surface area contributed by atoms with Crippen LogP contribution in [-0.4, -0.2) is 14.1 Å². The lowest BCUT2D eigenvalue weighted by Gasteiger charge is -2.22. The number of fused-ring (bicyclic) bond motifs is 3. The van der Waals surface area contributed by atoms with Gasteiger partial charge >= 0.3 is 0 Å². The van der Waals surface area contributed by atoms with E-state index in [0.717, 1.165) is 0 Å². The predicted molar refractivity (Wildman–Crippen MR) is 78.3 cm³/mol. The topological polar surface area (TPSA) is 3.24 Å². The van der Waals surface area contributed by atoms with E-state index in [4.69, 9.17) is 0 Å². The average Bonchev–Trinajstić information content (AvgIpc) is 2.59. The molecule has 0 fully saturated rings. The van der Waals surface area contributed by atoms with Crippen LogP contribution in [0.4, 0.5) is 5.69 Å². The van der Waals surface area contributed by atoms with Gasteiger partial charge in [-0.25, -0.2) is 0 Å². The van der Waals surface area contributed by atoms with Gasteiger partial charge in [0.15, 0.2) is 0 Å². The van der Waals surface area contributed by atoms with Gasteiger partial charge in [-0.05, 0) is 34.4 Å². The molecule has 0 aliphatic heterocycles. The van der Waals surface area contributed by atoms with Crippen molar-refractivity contribution in [3.63, 3.8) is 0 Å². The zero-order chi connectivity index (χ0) is 12.9. The summed E-state index contributed by atoms with van der Waals surface area (Å²) in [5, 5.41) is 0. The molecular weight excluding hydrogens is 218 g/mol. The molecule has 92 valence electrons. The van der Waals surface area contributed by atoms with Crippen molar-refractivity contribution in [2.75, 3.05) is 19.0 Å². The molecule has 0 radical (unpaired) electrons. The molecule has 2 aromatic carbocycles. The van der Waals surface area contributed by atoms with Gasteiger partial charge in [0.05, 0.1) is 0 Å². The van der Waals surface area contributed by atoms with Crippen molar-refractivity contribution in [1.82, 2.24) is 0 Å². The fraction of sp³-hybridized carbons (Fsp3) is 0.294. The summed E-state index contributed by atoms with van der Waals surface area (Å²) in [6.45, 7) is 4.62. The van der Waals surface area contributed by atoms with Crippen LogP contribution in [0.1, 0.15) is 25.0 Å². The molecule has 1 heteroatoms. The van der Waals surface area contributed by atoms with E-state index < -0.39 is 0 Å². The summed E-state index contributed by atoms with van der Waals surface area (Å²) in [5.41, 5.74) is 7.05. The predicted octanol–water partition coefficient (Wildman–Crippen LogP) is 4.06. The molecule has 0 atom stereocenters. The second kappa shape index (κ2) is 3.61. The van der Waals surface area contributed by atoms with Gasteiger partial charge in [-0.3, -0.25) is 0 Å². The molecule has 18 heavy (non-hydrogen) atoms. The van der Waals surface area contributed by atoms with Crippen molar-refractivity contribution in [1.29, 1.82) is 0 Å². The first kappa shape index (κ1) is 11.3. The summed E-state index contributed by atoms with van der Waals surface area (Å²) in [6, 6.07) is 15.6. The normalized spacial score (nSPS) is 15.1. The Morgan fingerprint density at radius 1 is 0.833 bits per heavy atom. The van der Waals surface area contributed by atoms with Gasteiger partial charge in [0.25, 0.3) is 0 Å². The smallest absolute Gasteiger partial charge is 0.0367 e. The highest BCUT2D eigenvalue weighted by molar-refractivity contribution is 5.82. The third-order valence-corrected chi connectivity index (χ3v) is 4.08. The summed E-state index contributed by atoms with van der Waals surface area (Å²) in [6.07, 6.45) is 0. The highest BCUT2D eigenvalue weighted by atomic mass is 15.1. The first-order chi connectivity index (χ1) is 8.51. The lowest BCUT2D eigenvalue weighted by atomic mass is 9.82. The van der Waals surface area contributed by atoms with Crippen LogP contribution in [0.3, 0.4) is 0 Å². The molecule has 2 aromatic rings. The molecule has 0 saturated carbocycles. The highest BCUT2D eigenvalue weighted by Gasteiger charge is 2.34. The minimum Gasteiger partial charge on any atom is -0.378 e. The van der Waals surface area contributed by atoms with E-state index in [1.165, 1.54) is 27.9 Å². The molecule has 0 amide bonds. The highest BCUT2D eigenvalue weighted by Crippen LogP contribution is 2.49. The van der Waals surface area contributed by atoms with Crippen LogP contribution >= 0.6 is 0 Å². The Hall–Kier alpha value is -1.76. The summed E-state index contributed by atoms with van der Waals surface area (Å²) < 4.78 is 0. The third-order valence-electron chi connectivity index (χ3n) is 4.08. The quantitative estimate of drug-likeness (QED) is 0.723. The first-order valence-corrected chi connectivity index (χ1v) is 6.43. The average molecular weight is 237 g/mol.